The van der Waals surface area contributed by atoms with Crippen LogP contribution in [0.15, 0.2) is 52.4 Å². The molecule has 0 bridgehead atoms. The van der Waals surface area contributed by atoms with E-state index < -0.39 is 17.5 Å². The molecule has 2 aromatic rings. The Morgan fingerprint density at radius 2 is 2.04 bits per heavy atom. The number of hydrogen-bond donors (Lipinski definition) is 2. The van der Waals surface area contributed by atoms with Crippen molar-refractivity contribution < 1.29 is 24.2 Å². The summed E-state index contributed by atoms with van der Waals surface area (Å²) in [7, 11) is 0. The Kier molecular flexibility index (Phi) is 5.27. The number of carbonyl (C=O) groups excluding carboxylic acids is 1. The highest BCUT2D eigenvalue weighted by molar-refractivity contribution is 8.18. The molecule has 2 aromatic carbocycles. The summed E-state index contributed by atoms with van der Waals surface area (Å²) in [5.74, 6) is -2.39. The second kappa shape index (κ2) is 7.63. The van der Waals surface area contributed by atoms with Gasteiger partial charge in [0, 0.05) is 18.2 Å². The van der Waals surface area contributed by atoms with Crippen molar-refractivity contribution in [1.29, 1.82) is 0 Å². The number of hydrogen-bond acceptors (Lipinski definition) is 5. The molecular formula is C19H15FN2O4S. The quantitative estimate of drug-likeness (QED) is 0.779. The van der Waals surface area contributed by atoms with Crippen molar-refractivity contribution in [2.24, 2.45) is 4.99 Å². The van der Waals surface area contributed by atoms with Crippen LogP contribution in [0.1, 0.15) is 22.8 Å². The van der Waals surface area contributed by atoms with Gasteiger partial charge in [0.05, 0.1) is 10.6 Å². The Balaban J connectivity index is 1.95. The number of benzene rings is 2. The normalized spacial score (nSPS) is 17.1. The van der Waals surface area contributed by atoms with Crippen LogP contribution < -0.4 is 0 Å². The van der Waals surface area contributed by atoms with Gasteiger partial charge in [0.25, 0.3) is 5.91 Å². The van der Waals surface area contributed by atoms with Crippen molar-refractivity contribution in [3.8, 4) is 5.75 Å². The van der Waals surface area contributed by atoms with Crippen LogP contribution in [0.4, 0.5) is 10.1 Å². The minimum absolute atomic E-state index is 0.235. The number of carboxylic acids is 1. The van der Waals surface area contributed by atoms with E-state index in [4.69, 9.17) is 5.11 Å². The number of carbonyl (C=O) groups is 2. The van der Waals surface area contributed by atoms with Gasteiger partial charge in [-0.05, 0) is 43.0 Å². The van der Waals surface area contributed by atoms with E-state index >= 15 is 0 Å². The summed E-state index contributed by atoms with van der Waals surface area (Å²) in [6, 6.07) is 10.0. The molecule has 27 heavy (non-hydrogen) atoms. The molecule has 1 saturated heterocycles. The number of carboxylic acid groups (broad SMARTS) is 1. The third-order valence-corrected chi connectivity index (χ3v) is 4.84. The van der Waals surface area contributed by atoms with Gasteiger partial charge in [-0.15, -0.1) is 0 Å². The van der Waals surface area contributed by atoms with Crippen LogP contribution in [0.3, 0.4) is 0 Å². The molecule has 1 fully saturated rings. The molecule has 0 aromatic heterocycles. The van der Waals surface area contributed by atoms with E-state index in [9.17, 15) is 19.1 Å². The first-order valence-corrected chi connectivity index (χ1v) is 8.83. The van der Waals surface area contributed by atoms with E-state index in [0.717, 1.165) is 11.8 Å². The number of phenols is 1. The lowest BCUT2D eigenvalue weighted by Crippen LogP contribution is -2.28. The summed E-state index contributed by atoms with van der Waals surface area (Å²) >= 11 is 1.09. The molecule has 0 unspecified atom stereocenters. The Morgan fingerprint density at radius 1 is 1.30 bits per heavy atom. The van der Waals surface area contributed by atoms with Gasteiger partial charge in [-0.2, -0.15) is 0 Å². The predicted octanol–water partition coefficient (Wildman–Crippen LogP) is 3.85. The fraction of sp³-hybridized carbons (Fsp3) is 0.105. The summed E-state index contributed by atoms with van der Waals surface area (Å²) in [5.41, 5.74) is 0.370. The van der Waals surface area contributed by atoms with Gasteiger partial charge in [-0.25, -0.2) is 14.2 Å². The average molecular weight is 386 g/mol. The molecule has 0 spiro atoms. The molecule has 1 aliphatic heterocycles. The Labute approximate surface area is 158 Å². The molecule has 0 saturated carbocycles. The first kappa shape index (κ1) is 18.7. The first-order valence-electron chi connectivity index (χ1n) is 8.01. The summed E-state index contributed by atoms with van der Waals surface area (Å²) in [6.07, 6.45) is 1.47. The molecule has 8 heteroatoms. The van der Waals surface area contributed by atoms with Gasteiger partial charge in [0.2, 0.25) is 0 Å². The maximum Gasteiger partial charge on any atom is 0.339 e. The highest BCUT2D eigenvalue weighted by Crippen LogP contribution is 2.35. The molecule has 0 atom stereocenters. The second-order valence-corrected chi connectivity index (χ2v) is 6.59. The molecule has 1 heterocycles. The summed E-state index contributed by atoms with van der Waals surface area (Å²) < 4.78 is 13.9. The minimum atomic E-state index is -1.25. The Morgan fingerprint density at radius 3 is 2.67 bits per heavy atom. The van der Waals surface area contributed by atoms with Crippen molar-refractivity contribution in [1.82, 2.24) is 4.90 Å². The lowest BCUT2D eigenvalue weighted by atomic mass is 10.2. The van der Waals surface area contributed by atoms with E-state index in [1.807, 2.05) is 0 Å². The number of likely N-dealkylation sites (N-methyl/N-ethyl adjacent to an activating group) is 1. The van der Waals surface area contributed by atoms with Crippen LogP contribution in [0, 0.1) is 5.82 Å². The second-order valence-electron chi connectivity index (χ2n) is 5.58. The number of aromatic carboxylic acids is 1. The number of aliphatic imine (C=N–C) groups is 1. The number of amidine groups is 1. The van der Waals surface area contributed by atoms with Crippen LogP contribution in [0.5, 0.6) is 5.75 Å². The lowest BCUT2D eigenvalue weighted by Gasteiger charge is -2.12. The maximum absolute atomic E-state index is 13.9. The van der Waals surface area contributed by atoms with Gasteiger partial charge >= 0.3 is 5.97 Å². The third-order valence-electron chi connectivity index (χ3n) is 3.83. The monoisotopic (exact) mass is 386 g/mol. The number of aromatic hydroxyl groups is 1. The molecule has 6 nitrogen and oxygen atoms in total. The maximum atomic E-state index is 13.9. The number of nitrogens with zero attached hydrogens (tertiary/aromatic N) is 2. The fourth-order valence-electron chi connectivity index (χ4n) is 2.48. The molecule has 3 rings (SSSR count). The van der Waals surface area contributed by atoms with Crippen molar-refractivity contribution in [3.63, 3.8) is 0 Å². The third kappa shape index (κ3) is 3.85. The molecule has 0 radical (unpaired) electrons. The van der Waals surface area contributed by atoms with Crippen LogP contribution in [-0.2, 0) is 4.79 Å². The van der Waals surface area contributed by atoms with E-state index in [1.165, 1.54) is 35.2 Å². The van der Waals surface area contributed by atoms with Crippen molar-refractivity contribution in [2.45, 2.75) is 6.92 Å². The molecule has 1 amide bonds. The van der Waals surface area contributed by atoms with Crippen LogP contribution in [0.2, 0.25) is 0 Å². The smallest absolute Gasteiger partial charge is 0.339 e. The van der Waals surface area contributed by atoms with Gasteiger partial charge in [-0.3, -0.25) is 9.69 Å². The summed E-state index contributed by atoms with van der Waals surface area (Å²) in [5, 5.41) is 19.1. The van der Waals surface area contributed by atoms with Crippen molar-refractivity contribution in [2.75, 3.05) is 6.54 Å². The van der Waals surface area contributed by atoms with Crippen LogP contribution >= 0.6 is 11.8 Å². The molecule has 0 aliphatic carbocycles. The van der Waals surface area contributed by atoms with Gasteiger partial charge < -0.3 is 10.2 Å². The minimum Gasteiger partial charge on any atom is -0.507 e. The number of thioether (sulfide) groups is 1. The number of amides is 1. The standard InChI is InChI=1S/C19H15FN2O4S/c1-2-22-17(24)16(9-11-5-3-4-6-14(11)20)27-19(22)21-12-7-8-13(18(25)26)15(23)10-12/h3-10,23H,2H2,1H3,(H,25,26)/b16-9-,21-19?. The number of rotatable bonds is 4. The average Bonchev–Trinajstić information content (AvgIpc) is 2.91. The van der Waals surface area contributed by atoms with Crippen LogP contribution in [0.25, 0.3) is 6.08 Å². The molecular weight excluding hydrogens is 371 g/mol. The zero-order valence-electron chi connectivity index (χ0n) is 14.2. The largest absolute Gasteiger partial charge is 0.507 e. The van der Waals surface area contributed by atoms with E-state index in [1.54, 1.807) is 25.1 Å². The van der Waals surface area contributed by atoms with Crippen molar-refractivity contribution >= 4 is 40.6 Å². The van der Waals surface area contributed by atoms with E-state index in [-0.39, 0.29) is 11.5 Å². The lowest BCUT2D eigenvalue weighted by molar-refractivity contribution is -0.122. The van der Waals surface area contributed by atoms with E-state index in [0.29, 0.717) is 27.9 Å². The zero-order valence-corrected chi connectivity index (χ0v) is 15.0. The van der Waals surface area contributed by atoms with Gasteiger partial charge in [0.1, 0.15) is 17.1 Å². The predicted molar refractivity (Wildman–Crippen MR) is 102 cm³/mol. The molecule has 1 aliphatic rings. The number of halogens is 1. The SMILES string of the molecule is CCN1C(=O)/C(=C/c2ccccc2F)SC1=Nc1ccc(C(=O)O)c(O)c1. The summed E-state index contributed by atoms with van der Waals surface area (Å²) in [4.78, 5) is 29.6. The zero-order chi connectivity index (χ0) is 19.6. The molecule has 2 N–H and O–H groups in total. The van der Waals surface area contributed by atoms with Crippen LogP contribution in [-0.4, -0.2) is 38.7 Å². The summed E-state index contributed by atoms with van der Waals surface area (Å²) in [6.45, 7) is 2.14. The van der Waals surface area contributed by atoms with Gasteiger partial charge in [0.15, 0.2) is 5.17 Å². The topological polar surface area (TPSA) is 90.2 Å². The Bertz CT molecular complexity index is 987. The van der Waals surface area contributed by atoms with Crippen molar-refractivity contribution in [3.05, 3.63) is 64.3 Å². The first-order chi connectivity index (χ1) is 12.9. The molecule has 138 valence electrons. The van der Waals surface area contributed by atoms with E-state index in [2.05, 4.69) is 4.99 Å². The fourth-order valence-corrected chi connectivity index (χ4v) is 3.54. The highest BCUT2D eigenvalue weighted by Gasteiger charge is 2.32. The highest BCUT2D eigenvalue weighted by atomic mass is 32.2. The Hall–Kier alpha value is -3.13. The van der Waals surface area contributed by atoms with Gasteiger partial charge in [-0.1, -0.05) is 18.2 Å².